The van der Waals surface area contributed by atoms with Crippen molar-refractivity contribution in [3.05, 3.63) is 50.7 Å². The van der Waals surface area contributed by atoms with E-state index in [0.29, 0.717) is 12.1 Å². The predicted octanol–water partition coefficient (Wildman–Crippen LogP) is 3.35. The highest BCUT2D eigenvalue weighted by atomic mass is 32.1. The first-order chi connectivity index (χ1) is 10.5. The van der Waals surface area contributed by atoms with E-state index in [1.54, 1.807) is 11.0 Å². The van der Waals surface area contributed by atoms with Crippen LogP contribution in [0.2, 0.25) is 0 Å². The summed E-state index contributed by atoms with van der Waals surface area (Å²) in [5.74, 6) is -0.317. The molecule has 1 aliphatic heterocycles. The lowest BCUT2D eigenvalue weighted by molar-refractivity contribution is 0.0600. The average Bonchev–Trinajstić information content (AvgIpc) is 3.09. The number of anilines is 1. The molecule has 22 heavy (non-hydrogen) atoms. The van der Waals surface area contributed by atoms with Crippen molar-refractivity contribution >= 4 is 28.9 Å². The number of hydrogen-bond donors (Lipinski definition) is 0. The Morgan fingerprint density at radius 3 is 2.64 bits per heavy atom. The average molecular weight is 315 g/mol. The van der Waals surface area contributed by atoms with E-state index in [0.717, 1.165) is 28.1 Å². The second-order valence-corrected chi connectivity index (χ2v) is 6.65. The molecule has 0 unspecified atom stereocenters. The molecule has 0 fully saturated rings. The van der Waals surface area contributed by atoms with E-state index in [9.17, 15) is 9.59 Å². The number of thiophene rings is 1. The van der Waals surface area contributed by atoms with Crippen molar-refractivity contribution in [2.24, 2.45) is 0 Å². The minimum atomic E-state index is -0.350. The fourth-order valence-corrected chi connectivity index (χ4v) is 3.65. The van der Waals surface area contributed by atoms with Gasteiger partial charge in [0.2, 0.25) is 0 Å². The summed E-state index contributed by atoms with van der Waals surface area (Å²) in [6.45, 7) is 4.69. The zero-order valence-corrected chi connectivity index (χ0v) is 13.6. The Labute approximate surface area is 133 Å². The number of aryl methyl sites for hydroxylation is 2. The van der Waals surface area contributed by atoms with Crippen molar-refractivity contribution < 1.29 is 14.3 Å². The normalized spacial score (nSPS) is 13.1. The monoisotopic (exact) mass is 315 g/mol. The van der Waals surface area contributed by atoms with Gasteiger partial charge in [-0.05, 0) is 55.7 Å². The van der Waals surface area contributed by atoms with Gasteiger partial charge in [-0.25, -0.2) is 4.79 Å². The van der Waals surface area contributed by atoms with Crippen LogP contribution in [0.3, 0.4) is 0 Å². The van der Waals surface area contributed by atoms with Crippen LogP contribution in [0.5, 0.6) is 0 Å². The maximum Gasteiger partial charge on any atom is 0.337 e. The van der Waals surface area contributed by atoms with Crippen LogP contribution in [-0.4, -0.2) is 25.5 Å². The van der Waals surface area contributed by atoms with Crippen molar-refractivity contribution in [1.29, 1.82) is 0 Å². The van der Waals surface area contributed by atoms with Gasteiger partial charge >= 0.3 is 5.97 Å². The Balaban J connectivity index is 1.91. The molecule has 1 aliphatic rings. The standard InChI is InChI=1S/C17H17NO3S/c1-10-8-15(22-11(10)2)16(19)18-7-6-12-9-13(17(20)21-3)4-5-14(12)18/h4-5,8-9H,6-7H2,1-3H3. The summed E-state index contributed by atoms with van der Waals surface area (Å²) in [5.41, 5.74) is 3.58. The number of methoxy groups -OCH3 is 1. The Bertz CT molecular complexity index is 744. The molecule has 1 amide bonds. The summed E-state index contributed by atoms with van der Waals surface area (Å²) in [6.07, 6.45) is 0.759. The van der Waals surface area contributed by atoms with E-state index in [4.69, 9.17) is 4.74 Å². The second kappa shape index (κ2) is 5.57. The summed E-state index contributed by atoms with van der Waals surface area (Å²) in [5, 5.41) is 0. The number of rotatable bonds is 2. The van der Waals surface area contributed by atoms with Gasteiger partial charge in [-0.15, -0.1) is 11.3 Å². The van der Waals surface area contributed by atoms with Crippen LogP contribution < -0.4 is 4.90 Å². The van der Waals surface area contributed by atoms with Crippen molar-refractivity contribution in [1.82, 2.24) is 0 Å². The molecule has 0 spiro atoms. The highest BCUT2D eigenvalue weighted by molar-refractivity contribution is 7.14. The lowest BCUT2D eigenvalue weighted by atomic mass is 10.1. The third-order valence-electron chi connectivity index (χ3n) is 4.02. The van der Waals surface area contributed by atoms with Crippen LogP contribution in [0.15, 0.2) is 24.3 Å². The first kappa shape index (κ1) is 14.8. The summed E-state index contributed by atoms with van der Waals surface area (Å²) in [6, 6.07) is 7.31. The molecule has 0 radical (unpaired) electrons. The van der Waals surface area contributed by atoms with Crippen LogP contribution in [0.1, 0.15) is 36.0 Å². The van der Waals surface area contributed by atoms with Gasteiger partial charge in [0.1, 0.15) is 0 Å². The van der Waals surface area contributed by atoms with Gasteiger partial charge in [-0.3, -0.25) is 4.79 Å². The smallest absolute Gasteiger partial charge is 0.337 e. The molecule has 1 aromatic heterocycles. The van der Waals surface area contributed by atoms with Gasteiger partial charge in [0.25, 0.3) is 5.91 Å². The molecule has 114 valence electrons. The van der Waals surface area contributed by atoms with Crippen molar-refractivity contribution in [2.45, 2.75) is 20.3 Å². The maximum absolute atomic E-state index is 12.7. The van der Waals surface area contributed by atoms with Gasteiger partial charge < -0.3 is 9.64 Å². The van der Waals surface area contributed by atoms with E-state index in [1.807, 2.05) is 32.0 Å². The van der Waals surface area contributed by atoms with Gasteiger partial charge in [-0.1, -0.05) is 0 Å². The number of benzene rings is 1. The number of amides is 1. The fourth-order valence-electron chi connectivity index (χ4n) is 2.67. The van der Waals surface area contributed by atoms with Gasteiger partial charge in [0, 0.05) is 17.1 Å². The maximum atomic E-state index is 12.7. The number of esters is 1. The van der Waals surface area contributed by atoms with Crippen LogP contribution >= 0.6 is 11.3 Å². The molecule has 0 saturated carbocycles. The van der Waals surface area contributed by atoms with E-state index in [-0.39, 0.29) is 11.9 Å². The SMILES string of the molecule is COC(=O)c1ccc2c(c1)CCN2C(=O)c1cc(C)c(C)s1. The molecule has 5 heteroatoms. The van der Waals surface area contributed by atoms with Crippen molar-refractivity contribution in [3.63, 3.8) is 0 Å². The molecule has 0 N–H and O–H groups in total. The number of fused-ring (bicyclic) bond motifs is 1. The van der Waals surface area contributed by atoms with Crippen molar-refractivity contribution in [2.75, 3.05) is 18.6 Å². The van der Waals surface area contributed by atoms with Crippen molar-refractivity contribution in [3.8, 4) is 0 Å². The molecule has 0 atom stereocenters. The Hall–Kier alpha value is -2.14. The minimum absolute atomic E-state index is 0.0331. The quantitative estimate of drug-likeness (QED) is 0.798. The lowest BCUT2D eigenvalue weighted by Crippen LogP contribution is -2.28. The predicted molar refractivity (Wildman–Crippen MR) is 87.0 cm³/mol. The van der Waals surface area contributed by atoms with Gasteiger partial charge in [0.15, 0.2) is 0 Å². The third kappa shape index (κ3) is 2.41. The topological polar surface area (TPSA) is 46.6 Å². The van der Waals surface area contributed by atoms with E-state index in [1.165, 1.54) is 23.3 Å². The Morgan fingerprint density at radius 1 is 1.23 bits per heavy atom. The van der Waals surface area contributed by atoms with E-state index < -0.39 is 0 Å². The molecule has 3 rings (SSSR count). The van der Waals surface area contributed by atoms with Crippen LogP contribution in [0, 0.1) is 13.8 Å². The molecule has 2 aromatic rings. The minimum Gasteiger partial charge on any atom is -0.465 e. The number of carbonyl (C=O) groups excluding carboxylic acids is 2. The molecule has 4 nitrogen and oxygen atoms in total. The summed E-state index contributed by atoms with van der Waals surface area (Å²) in [7, 11) is 1.37. The largest absolute Gasteiger partial charge is 0.465 e. The number of ether oxygens (including phenoxy) is 1. The number of carbonyl (C=O) groups is 2. The van der Waals surface area contributed by atoms with E-state index >= 15 is 0 Å². The first-order valence-electron chi connectivity index (χ1n) is 7.11. The number of nitrogens with zero attached hydrogens (tertiary/aromatic N) is 1. The zero-order chi connectivity index (χ0) is 15.9. The Morgan fingerprint density at radius 2 is 2.00 bits per heavy atom. The highest BCUT2D eigenvalue weighted by Crippen LogP contribution is 2.32. The van der Waals surface area contributed by atoms with E-state index in [2.05, 4.69) is 0 Å². The summed E-state index contributed by atoms with van der Waals surface area (Å²) >= 11 is 1.53. The third-order valence-corrected chi connectivity index (χ3v) is 5.16. The summed E-state index contributed by atoms with van der Waals surface area (Å²) in [4.78, 5) is 28.0. The molecule has 0 bridgehead atoms. The highest BCUT2D eigenvalue weighted by Gasteiger charge is 2.27. The Kier molecular flexibility index (Phi) is 3.74. The molecule has 2 heterocycles. The molecule has 1 aromatic carbocycles. The van der Waals surface area contributed by atoms with Gasteiger partial charge in [-0.2, -0.15) is 0 Å². The molecule has 0 saturated heterocycles. The van der Waals surface area contributed by atoms with Crippen LogP contribution in [-0.2, 0) is 11.2 Å². The molecular formula is C17H17NO3S. The van der Waals surface area contributed by atoms with Crippen LogP contribution in [0.25, 0.3) is 0 Å². The zero-order valence-electron chi connectivity index (χ0n) is 12.8. The fraction of sp³-hybridized carbons (Fsp3) is 0.294. The molecular weight excluding hydrogens is 298 g/mol. The second-order valence-electron chi connectivity index (χ2n) is 5.39. The summed E-state index contributed by atoms with van der Waals surface area (Å²) < 4.78 is 4.74. The van der Waals surface area contributed by atoms with Gasteiger partial charge in [0.05, 0.1) is 17.6 Å². The molecule has 0 aliphatic carbocycles. The van der Waals surface area contributed by atoms with Crippen LogP contribution in [0.4, 0.5) is 5.69 Å². The number of hydrogen-bond acceptors (Lipinski definition) is 4. The first-order valence-corrected chi connectivity index (χ1v) is 7.93. The lowest BCUT2D eigenvalue weighted by Gasteiger charge is -2.16.